The predicted molar refractivity (Wildman–Crippen MR) is 74.4 cm³/mol. The van der Waals surface area contributed by atoms with Gasteiger partial charge in [0.2, 0.25) is 0 Å². The van der Waals surface area contributed by atoms with E-state index in [9.17, 15) is 0 Å². The van der Waals surface area contributed by atoms with Crippen molar-refractivity contribution in [2.45, 2.75) is 39.2 Å². The molecule has 0 saturated carbocycles. The molecule has 1 aromatic heterocycles. The molecule has 1 fully saturated rings. The maximum Gasteiger partial charge on any atom is 0.162 e. The number of hydrogen-bond donors (Lipinski definition) is 1. The van der Waals surface area contributed by atoms with Crippen LogP contribution in [0.4, 0.5) is 5.82 Å². The fraction of sp³-hybridized carbons (Fsp3) is 0.714. The van der Waals surface area contributed by atoms with Gasteiger partial charge in [0, 0.05) is 18.3 Å². The lowest BCUT2D eigenvalue weighted by Gasteiger charge is -2.23. The molecule has 1 aliphatic heterocycles. The molecule has 0 aliphatic carbocycles. The van der Waals surface area contributed by atoms with Crippen LogP contribution in [0.25, 0.3) is 0 Å². The Hall–Kier alpha value is -1.20. The number of nitrogens with one attached hydrogen (secondary N) is 1. The van der Waals surface area contributed by atoms with Crippen LogP contribution >= 0.6 is 0 Å². The van der Waals surface area contributed by atoms with Gasteiger partial charge in [-0.2, -0.15) is 0 Å². The second kappa shape index (κ2) is 6.82. The lowest BCUT2D eigenvalue weighted by Crippen LogP contribution is -2.24. The molecule has 0 spiro atoms. The minimum Gasteiger partial charge on any atom is -0.376 e. The summed E-state index contributed by atoms with van der Waals surface area (Å²) in [4.78, 5) is 9.16. The monoisotopic (exact) mass is 265 g/mol. The molecule has 1 aromatic rings. The molecule has 1 atom stereocenters. The first kappa shape index (κ1) is 14.2. The summed E-state index contributed by atoms with van der Waals surface area (Å²) in [6.07, 6.45) is 0.925. The highest BCUT2D eigenvalue weighted by molar-refractivity contribution is 5.37. The summed E-state index contributed by atoms with van der Waals surface area (Å²) in [7, 11) is 0. The molecule has 0 bridgehead atoms. The fourth-order valence-electron chi connectivity index (χ4n) is 1.91. The van der Waals surface area contributed by atoms with Gasteiger partial charge < -0.3 is 14.8 Å². The Bertz CT molecular complexity index is 404. The molecule has 106 valence electrons. The molecule has 1 aliphatic rings. The van der Waals surface area contributed by atoms with Crippen molar-refractivity contribution < 1.29 is 9.47 Å². The smallest absolute Gasteiger partial charge is 0.162 e. The van der Waals surface area contributed by atoms with Gasteiger partial charge >= 0.3 is 0 Å². The number of hydrogen-bond acceptors (Lipinski definition) is 5. The van der Waals surface area contributed by atoms with Crippen molar-refractivity contribution >= 4 is 5.82 Å². The molecular formula is C14H23N3O2. The van der Waals surface area contributed by atoms with Gasteiger partial charge in [-0.05, 0) is 12.3 Å². The van der Waals surface area contributed by atoms with Gasteiger partial charge in [0.15, 0.2) is 5.82 Å². The maximum atomic E-state index is 5.68. The second-order valence-electron chi connectivity index (χ2n) is 5.05. The first-order valence-corrected chi connectivity index (χ1v) is 7.02. The Kier molecular flexibility index (Phi) is 5.10. The summed E-state index contributed by atoms with van der Waals surface area (Å²) in [5, 5.41) is 3.32. The van der Waals surface area contributed by atoms with E-state index in [0.29, 0.717) is 25.7 Å². The standard InChI is InChI=1S/C14H23N3O2/c1-4-5-15-13-8-11(10(2)3)16-14(17-13)12-9-18-6-7-19-12/h8,10,12H,4-7,9H2,1-3H3,(H,15,16,17). The number of aromatic nitrogens is 2. The number of nitrogens with zero attached hydrogens (tertiary/aromatic N) is 2. The topological polar surface area (TPSA) is 56.3 Å². The summed E-state index contributed by atoms with van der Waals surface area (Å²) in [6.45, 7) is 9.11. The van der Waals surface area contributed by atoms with Crippen molar-refractivity contribution in [3.8, 4) is 0 Å². The van der Waals surface area contributed by atoms with Crippen LogP contribution in [0.3, 0.4) is 0 Å². The summed E-state index contributed by atoms with van der Waals surface area (Å²) in [6, 6.07) is 2.02. The second-order valence-corrected chi connectivity index (χ2v) is 5.05. The summed E-state index contributed by atoms with van der Waals surface area (Å²) < 4.78 is 11.1. The zero-order chi connectivity index (χ0) is 13.7. The summed E-state index contributed by atoms with van der Waals surface area (Å²) in [5.74, 6) is 1.97. The van der Waals surface area contributed by atoms with E-state index in [0.717, 1.165) is 30.3 Å². The lowest BCUT2D eigenvalue weighted by atomic mass is 10.1. The van der Waals surface area contributed by atoms with Gasteiger partial charge in [-0.3, -0.25) is 0 Å². The third-order valence-corrected chi connectivity index (χ3v) is 3.01. The molecule has 0 amide bonds. The van der Waals surface area contributed by atoms with Crippen LogP contribution in [0.5, 0.6) is 0 Å². The minimum absolute atomic E-state index is 0.144. The number of ether oxygens (including phenoxy) is 2. The van der Waals surface area contributed by atoms with Gasteiger partial charge in [-0.25, -0.2) is 9.97 Å². The van der Waals surface area contributed by atoms with E-state index in [1.54, 1.807) is 0 Å². The van der Waals surface area contributed by atoms with Crippen molar-refractivity contribution in [1.29, 1.82) is 0 Å². The van der Waals surface area contributed by atoms with Gasteiger partial charge in [-0.1, -0.05) is 20.8 Å². The van der Waals surface area contributed by atoms with E-state index < -0.39 is 0 Å². The highest BCUT2D eigenvalue weighted by Gasteiger charge is 2.21. The van der Waals surface area contributed by atoms with Crippen LogP contribution in [0.15, 0.2) is 6.07 Å². The Labute approximate surface area is 114 Å². The average molecular weight is 265 g/mol. The quantitative estimate of drug-likeness (QED) is 0.886. The van der Waals surface area contributed by atoms with Crippen molar-refractivity contribution in [2.75, 3.05) is 31.7 Å². The van der Waals surface area contributed by atoms with E-state index in [1.165, 1.54) is 0 Å². The molecule has 2 heterocycles. The zero-order valence-electron chi connectivity index (χ0n) is 12.0. The molecule has 1 N–H and O–H groups in total. The van der Waals surface area contributed by atoms with Crippen LogP contribution < -0.4 is 5.32 Å². The molecule has 0 radical (unpaired) electrons. The van der Waals surface area contributed by atoms with E-state index in [4.69, 9.17) is 9.47 Å². The van der Waals surface area contributed by atoms with E-state index in [2.05, 4.69) is 36.1 Å². The van der Waals surface area contributed by atoms with E-state index in [-0.39, 0.29) is 6.10 Å². The Morgan fingerprint density at radius 1 is 1.37 bits per heavy atom. The summed E-state index contributed by atoms with van der Waals surface area (Å²) in [5.41, 5.74) is 1.04. The van der Waals surface area contributed by atoms with Gasteiger partial charge in [-0.15, -0.1) is 0 Å². The van der Waals surface area contributed by atoms with Crippen molar-refractivity contribution in [2.24, 2.45) is 0 Å². The van der Waals surface area contributed by atoms with Gasteiger partial charge in [0.1, 0.15) is 11.9 Å². The first-order valence-electron chi connectivity index (χ1n) is 7.02. The minimum atomic E-state index is -0.144. The fourth-order valence-corrected chi connectivity index (χ4v) is 1.91. The average Bonchev–Trinajstić information content (AvgIpc) is 2.45. The van der Waals surface area contributed by atoms with Crippen molar-refractivity contribution in [1.82, 2.24) is 9.97 Å². The van der Waals surface area contributed by atoms with Crippen LogP contribution in [0.1, 0.15) is 50.7 Å². The lowest BCUT2D eigenvalue weighted by molar-refractivity contribution is -0.0935. The SMILES string of the molecule is CCCNc1cc(C(C)C)nc(C2COCCO2)n1. The Morgan fingerprint density at radius 2 is 2.21 bits per heavy atom. The highest BCUT2D eigenvalue weighted by Crippen LogP contribution is 2.22. The summed E-state index contributed by atoms with van der Waals surface area (Å²) >= 11 is 0. The third-order valence-electron chi connectivity index (χ3n) is 3.01. The molecule has 2 rings (SSSR count). The number of rotatable bonds is 5. The van der Waals surface area contributed by atoms with Crippen molar-refractivity contribution in [3.05, 3.63) is 17.6 Å². The molecule has 0 aromatic carbocycles. The molecule has 5 heteroatoms. The van der Waals surface area contributed by atoms with E-state index >= 15 is 0 Å². The third kappa shape index (κ3) is 3.88. The highest BCUT2D eigenvalue weighted by atomic mass is 16.6. The van der Waals surface area contributed by atoms with Crippen LogP contribution in [0.2, 0.25) is 0 Å². The van der Waals surface area contributed by atoms with Crippen molar-refractivity contribution in [3.63, 3.8) is 0 Å². The number of anilines is 1. The normalized spacial score (nSPS) is 19.7. The molecule has 1 saturated heterocycles. The van der Waals surface area contributed by atoms with Crippen LogP contribution in [-0.2, 0) is 9.47 Å². The van der Waals surface area contributed by atoms with E-state index in [1.807, 2.05) is 6.07 Å². The van der Waals surface area contributed by atoms with Crippen LogP contribution in [-0.4, -0.2) is 36.3 Å². The predicted octanol–water partition coefficient (Wildman–Crippen LogP) is 2.51. The maximum absolute atomic E-state index is 5.68. The Morgan fingerprint density at radius 3 is 2.84 bits per heavy atom. The molecule has 1 unspecified atom stereocenters. The van der Waals surface area contributed by atoms with Crippen LogP contribution in [0, 0.1) is 0 Å². The Balaban J connectivity index is 2.22. The molecular weight excluding hydrogens is 242 g/mol. The largest absolute Gasteiger partial charge is 0.376 e. The van der Waals surface area contributed by atoms with Gasteiger partial charge in [0.05, 0.1) is 19.8 Å². The molecule has 5 nitrogen and oxygen atoms in total. The van der Waals surface area contributed by atoms with Gasteiger partial charge in [0.25, 0.3) is 0 Å². The first-order chi connectivity index (χ1) is 9.20. The molecule has 19 heavy (non-hydrogen) atoms. The zero-order valence-corrected chi connectivity index (χ0v) is 12.0.